The Morgan fingerprint density at radius 3 is 2.83 bits per heavy atom. The van der Waals surface area contributed by atoms with E-state index in [-0.39, 0.29) is 12.6 Å². The number of hydrogen-bond donors (Lipinski definition) is 1. The van der Waals surface area contributed by atoms with Crippen molar-refractivity contribution in [3.63, 3.8) is 0 Å². The first-order valence-electron chi connectivity index (χ1n) is 5.76. The van der Waals surface area contributed by atoms with Gasteiger partial charge in [-0.05, 0) is 6.42 Å². The van der Waals surface area contributed by atoms with Crippen molar-refractivity contribution in [2.45, 2.75) is 45.0 Å². The summed E-state index contributed by atoms with van der Waals surface area (Å²) in [5, 5.41) is 2.31. The molecule has 104 valence electrons. The Balaban J connectivity index is 2.38. The lowest BCUT2D eigenvalue weighted by Gasteiger charge is -2.07. The van der Waals surface area contributed by atoms with Crippen molar-refractivity contribution >= 4 is 11.3 Å². The van der Waals surface area contributed by atoms with Crippen LogP contribution in [0.15, 0.2) is 5.38 Å². The van der Waals surface area contributed by atoms with Crippen molar-refractivity contribution < 1.29 is 17.9 Å². The molecule has 0 aromatic carbocycles. The van der Waals surface area contributed by atoms with Crippen molar-refractivity contribution in [3.8, 4) is 0 Å². The molecule has 1 aromatic heterocycles. The first-order valence-corrected chi connectivity index (χ1v) is 6.64. The van der Waals surface area contributed by atoms with E-state index in [1.807, 2.05) is 0 Å². The fourth-order valence-electron chi connectivity index (χ4n) is 1.39. The minimum atomic E-state index is -4.29. The summed E-state index contributed by atoms with van der Waals surface area (Å²) in [6.07, 6.45) is -1.39. The number of unbranched alkanes of at least 4 members (excludes halogenated alkanes) is 1. The average molecular weight is 282 g/mol. The predicted octanol–water partition coefficient (Wildman–Crippen LogP) is 3.41. The number of aromatic nitrogens is 1. The molecule has 0 saturated carbocycles. The van der Waals surface area contributed by atoms with Gasteiger partial charge >= 0.3 is 6.18 Å². The van der Waals surface area contributed by atoms with Crippen molar-refractivity contribution in [1.29, 1.82) is 0 Å². The van der Waals surface area contributed by atoms with Crippen molar-refractivity contribution in [2.75, 3.05) is 6.61 Å². The molecule has 1 heterocycles. The van der Waals surface area contributed by atoms with E-state index >= 15 is 0 Å². The number of hydrogen-bond acceptors (Lipinski definition) is 4. The topological polar surface area (TPSA) is 48.1 Å². The lowest BCUT2D eigenvalue weighted by atomic mass is 10.1. The number of nitrogens with zero attached hydrogens (tertiary/aromatic N) is 1. The minimum absolute atomic E-state index is 0.120. The standard InChI is InChI=1S/C11H17F3N2OS/c1-2-3-4-8(15)9-6-18-10(16-9)5-17-7-11(12,13)14/h6,8H,2-5,7,15H2,1H3. The highest BCUT2D eigenvalue weighted by Crippen LogP contribution is 2.21. The number of rotatable bonds is 7. The number of thiazole rings is 1. The Labute approximate surface area is 108 Å². The zero-order chi connectivity index (χ0) is 13.6. The van der Waals surface area contributed by atoms with Crippen molar-refractivity contribution in [2.24, 2.45) is 5.73 Å². The third-order valence-corrected chi connectivity index (χ3v) is 3.15. The molecule has 1 rings (SSSR count). The smallest absolute Gasteiger partial charge is 0.365 e. The summed E-state index contributed by atoms with van der Waals surface area (Å²) in [7, 11) is 0. The molecule has 1 atom stereocenters. The van der Waals surface area contributed by atoms with Gasteiger partial charge in [0, 0.05) is 11.4 Å². The van der Waals surface area contributed by atoms with Gasteiger partial charge in [-0.3, -0.25) is 0 Å². The summed E-state index contributed by atoms with van der Waals surface area (Å²) < 4.78 is 40.1. The number of alkyl halides is 3. The van der Waals surface area contributed by atoms with Gasteiger partial charge in [-0.15, -0.1) is 11.3 Å². The second-order valence-corrected chi connectivity index (χ2v) is 4.97. The number of nitrogens with two attached hydrogens (primary N) is 1. The van der Waals surface area contributed by atoms with Gasteiger partial charge in [-0.1, -0.05) is 19.8 Å². The van der Waals surface area contributed by atoms with Gasteiger partial charge in [0.1, 0.15) is 11.6 Å². The maximum atomic E-state index is 11.9. The highest BCUT2D eigenvalue weighted by Gasteiger charge is 2.27. The lowest BCUT2D eigenvalue weighted by molar-refractivity contribution is -0.176. The van der Waals surface area contributed by atoms with Gasteiger partial charge in [0.15, 0.2) is 0 Å². The molecule has 7 heteroatoms. The molecule has 0 radical (unpaired) electrons. The predicted molar refractivity (Wildman–Crippen MR) is 64.3 cm³/mol. The van der Waals surface area contributed by atoms with Gasteiger partial charge < -0.3 is 10.5 Å². The third kappa shape index (κ3) is 5.79. The molecule has 0 bridgehead atoms. The third-order valence-electron chi connectivity index (χ3n) is 2.31. The maximum absolute atomic E-state index is 11.9. The van der Waals surface area contributed by atoms with Gasteiger partial charge in [-0.2, -0.15) is 13.2 Å². The summed E-state index contributed by atoms with van der Waals surface area (Å²) in [6, 6.07) is -0.141. The summed E-state index contributed by atoms with van der Waals surface area (Å²) >= 11 is 1.28. The van der Waals surface area contributed by atoms with Crippen LogP contribution in [0.2, 0.25) is 0 Å². The molecule has 1 unspecified atom stereocenters. The van der Waals surface area contributed by atoms with Gasteiger partial charge in [0.25, 0.3) is 0 Å². The minimum Gasteiger partial charge on any atom is -0.365 e. The quantitative estimate of drug-likeness (QED) is 0.833. The van der Waals surface area contributed by atoms with E-state index in [0.717, 1.165) is 25.0 Å². The molecule has 0 amide bonds. The van der Waals surface area contributed by atoms with Gasteiger partial charge in [0.2, 0.25) is 0 Å². The van der Waals surface area contributed by atoms with Crippen LogP contribution in [0, 0.1) is 0 Å². The Morgan fingerprint density at radius 1 is 1.50 bits per heavy atom. The summed E-state index contributed by atoms with van der Waals surface area (Å²) in [6.45, 7) is 0.707. The molecule has 0 aliphatic carbocycles. The highest BCUT2D eigenvalue weighted by atomic mass is 32.1. The molecular weight excluding hydrogens is 265 g/mol. The largest absolute Gasteiger partial charge is 0.411 e. The maximum Gasteiger partial charge on any atom is 0.411 e. The van der Waals surface area contributed by atoms with Crippen LogP contribution in [-0.2, 0) is 11.3 Å². The Kier molecular flexibility index (Phi) is 6.04. The molecule has 0 aliphatic rings. The van der Waals surface area contributed by atoms with Crippen LogP contribution >= 0.6 is 11.3 Å². The molecule has 1 aromatic rings. The number of ether oxygens (including phenoxy) is 1. The fraction of sp³-hybridized carbons (Fsp3) is 0.727. The zero-order valence-electron chi connectivity index (χ0n) is 10.2. The molecule has 0 aliphatic heterocycles. The van der Waals surface area contributed by atoms with Crippen LogP contribution in [0.1, 0.15) is 42.9 Å². The zero-order valence-corrected chi connectivity index (χ0v) is 11.0. The van der Waals surface area contributed by atoms with E-state index in [4.69, 9.17) is 5.73 Å². The normalized spacial score (nSPS) is 13.8. The molecule has 3 nitrogen and oxygen atoms in total. The SMILES string of the molecule is CCCCC(N)c1csc(COCC(F)(F)F)n1. The molecule has 0 fully saturated rings. The van der Waals surface area contributed by atoms with E-state index in [9.17, 15) is 13.2 Å². The summed E-state index contributed by atoms with van der Waals surface area (Å²) in [4.78, 5) is 4.18. The first-order chi connectivity index (χ1) is 8.42. The molecule has 0 spiro atoms. The van der Waals surface area contributed by atoms with Crippen LogP contribution in [0.3, 0.4) is 0 Å². The van der Waals surface area contributed by atoms with E-state index in [1.54, 1.807) is 5.38 Å². The average Bonchev–Trinajstić information content (AvgIpc) is 2.73. The van der Waals surface area contributed by atoms with E-state index in [1.165, 1.54) is 11.3 Å². The van der Waals surface area contributed by atoms with E-state index < -0.39 is 12.8 Å². The van der Waals surface area contributed by atoms with Crippen LogP contribution in [0.4, 0.5) is 13.2 Å². The van der Waals surface area contributed by atoms with E-state index in [2.05, 4.69) is 16.6 Å². The van der Waals surface area contributed by atoms with Crippen molar-refractivity contribution in [1.82, 2.24) is 4.98 Å². The van der Waals surface area contributed by atoms with Gasteiger partial charge in [0.05, 0.1) is 12.3 Å². The number of halogens is 3. The Hall–Kier alpha value is -0.660. The lowest BCUT2D eigenvalue weighted by Crippen LogP contribution is -2.16. The van der Waals surface area contributed by atoms with Gasteiger partial charge in [-0.25, -0.2) is 4.98 Å². The second kappa shape index (κ2) is 7.06. The molecule has 18 heavy (non-hydrogen) atoms. The monoisotopic (exact) mass is 282 g/mol. The summed E-state index contributed by atoms with van der Waals surface area (Å²) in [5.41, 5.74) is 6.65. The summed E-state index contributed by atoms with van der Waals surface area (Å²) in [5.74, 6) is 0. The fourth-order valence-corrected chi connectivity index (χ4v) is 2.18. The van der Waals surface area contributed by atoms with Crippen LogP contribution in [-0.4, -0.2) is 17.8 Å². The second-order valence-electron chi connectivity index (χ2n) is 4.02. The molecule has 0 saturated heterocycles. The van der Waals surface area contributed by atoms with Crippen LogP contribution in [0.5, 0.6) is 0 Å². The highest BCUT2D eigenvalue weighted by molar-refractivity contribution is 7.09. The molecular formula is C11H17F3N2OS. The van der Waals surface area contributed by atoms with E-state index in [0.29, 0.717) is 5.01 Å². The Morgan fingerprint density at radius 2 is 2.22 bits per heavy atom. The molecule has 2 N–H and O–H groups in total. The van der Waals surface area contributed by atoms with Crippen LogP contribution < -0.4 is 5.73 Å². The van der Waals surface area contributed by atoms with Crippen LogP contribution in [0.25, 0.3) is 0 Å². The Bertz CT molecular complexity index is 354. The first kappa shape index (κ1) is 15.4. The van der Waals surface area contributed by atoms with Crippen molar-refractivity contribution in [3.05, 3.63) is 16.1 Å².